The second-order valence-electron chi connectivity index (χ2n) is 3.78. The molecule has 98 valence electrons. The van der Waals surface area contributed by atoms with Crippen LogP contribution in [0.25, 0.3) is 0 Å². The Kier molecular flexibility index (Phi) is 3.52. The molecular weight excluding hydrogens is 272 g/mol. The molecule has 7 heteroatoms. The summed E-state index contributed by atoms with van der Waals surface area (Å²) < 4.78 is 4.79. The first-order valence-corrected chi connectivity index (χ1v) is 5.62. The molecule has 0 aliphatic carbocycles. The van der Waals surface area contributed by atoms with Gasteiger partial charge >= 0.3 is 5.97 Å². The molecule has 19 heavy (non-hydrogen) atoms. The Hall–Kier alpha value is -2.34. The van der Waals surface area contributed by atoms with E-state index in [2.05, 4.69) is 10.5 Å². The number of aromatic carboxylic acids is 1. The lowest BCUT2D eigenvalue weighted by molar-refractivity contribution is 0.0698. The van der Waals surface area contributed by atoms with Crippen molar-refractivity contribution < 1.29 is 19.2 Å². The number of carboxylic acid groups (broad SMARTS) is 1. The van der Waals surface area contributed by atoms with E-state index in [1.807, 2.05) is 0 Å². The van der Waals surface area contributed by atoms with Crippen molar-refractivity contribution in [2.75, 3.05) is 5.32 Å². The first-order chi connectivity index (χ1) is 8.97. The molecule has 0 atom stereocenters. The molecule has 0 aliphatic heterocycles. The van der Waals surface area contributed by atoms with Crippen LogP contribution in [0.15, 0.2) is 28.8 Å². The maximum absolute atomic E-state index is 11.8. The number of rotatable bonds is 3. The van der Waals surface area contributed by atoms with Gasteiger partial charge in [0.05, 0.1) is 16.9 Å². The second kappa shape index (κ2) is 5.11. The van der Waals surface area contributed by atoms with Crippen molar-refractivity contribution in [3.8, 4) is 0 Å². The van der Waals surface area contributed by atoms with Crippen LogP contribution in [-0.2, 0) is 0 Å². The third-order valence-corrected chi connectivity index (χ3v) is 2.55. The highest BCUT2D eigenvalue weighted by molar-refractivity contribution is 6.31. The Balaban J connectivity index is 2.30. The Morgan fingerprint density at radius 3 is 2.68 bits per heavy atom. The second-order valence-corrected chi connectivity index (χ2v) is 4.22. The summed E-state index contributed by atoms with van der Waals surface area (Å²) in [7, 11) is 0. The number of nitrogens with zero attached hydrogens (tertiary/aromatic N) is 1. The fourth-order valence-corrected chi connectivity index (χ4v) is 1.63. The van der Waals surface area contributed by atoms with Crippen LogP contribution in [0.1, 0.15) is 26.6 Å². The van der Waals surface area contributed by atoms with Crippen LogP contribution < -0.4 is 5.32 Å². The van der Waals surface area contributed by atoms with Gasteiger partial charge in [-0.15, -0.1) is 0 Å². The van der Waals surface area contributed by atoms with Gasteiger partial charge in [0, 0.05) is 11.1 Å². The van der Waals surface area contributed by atoms with E-state index in [1.54, 1.807) is 6.92 Å². The lowest BCUT2D eigenvalue weighted by Crippen LogP contribution is -2.14. The van der Waals surface area contributed by atoms with Crippen LogP contribution in [0.4, 0.5) is 5.69 Å². The van der Waals surface area contributed by atoms with Gasteiger partial charge in [-0.1, -0.05) is 16.8 Å². The average Bonchev–Trinajstić information content (AvgIpc) is 2.75. The number of hydrogen-bond donors (Lipinski definition) is 2. The Bertz CT molecular complexity index is 651. The molecule has 2 rings (SSSR count). The monoisotopic (exact) mass is 280 g/mol. The van der Waals surface area contributed by atoms with Gasteiger partial charge < -0.3 is 14.9 Å². The smallest absolute Gasteiger partial charge is 0.337 e. The topological polar surface area (TPSA) is 92.4 Å². The molecule has 0 spiro atoms. The molecule has 1 aromatic heterocycles. The molecule has 1 aromatic carbocycles. The molecule has 0 radical (unpaired) electrons. The zero-order chi connectivity index (χ0) is 14.0. The molecule has 0 saturated carbocycles. The number of carbonyl (C=O) groups is 2. The van der Waals surface area contributed by atoms with E-state index in [0.29, 0.717) is 10.7 Å². The van der Waals surface area contributed by atoms with Gasteiger partial charge in [0.15, 0.2) is 0 Å². The van der Waals surface area contributed by atoms with E-state index in [9.17, 15) is 9.59 Å². The Morgan fingerprint density at radius 2 is 2.11 bits per heavy atom. The largest absolute Gasteiger partial charge is 0.478 e. The summed E-state index contributed by atoms with van der Waals surface area (Å²) >= 11 is 5.78. The molecular formula is C12H9ClN2O4. The molecule has 0 bridgehead atoms. The average molecular weight is 281 g/mol. The SMILES string of the molecule is Cc1cc(C(=O)Nc2cc(Cl)ccc2C(=O)O)on1. The molecule has 6 nitrogen and oxygen atoms in total. The Morgan fingerprint density at radius 1 is 1.37 bits per heavy atom. The number of amides is 1. The summed E-state index contributed by atoms with van der Waals surface area (Å²) in [5, 5.41) is 15.3. The minimum absolute atomic E-state index is 0.00573. The lowest BCUT2D eigenvalue weighted by Gasteiger charge is -2.07. The van der Waals surface area contributed by atoms with Crippen molar-refractivity contribution in [2.45, 2.75) is 6.92 Å². The molecule has 0 aliphatic rings. The summed E-state index contributed by atoms with van der Waals surface area (Å²) in [6.07, 6.45) is 0. The predicted molar refractivity (Wildman–Crippen MR) is 67.6 cm³/mol. The van der Waals surface area contributed by atoms with E-state index < -0.39 is 11.9 Å². The fourth-order valence-electron chi connectivity index (χ4n) is 1.46. The molecule has 0 fully saturated rings. The molecule has 0 saturated heterocycles. The minimum atomic E-state index is -1.17. The van der Waals surface area contributed by atoms with Crippen molar-refractivity contribution in [1.82, 2.24) is 5.16 Å². The normalized spacial score (nSPS) is 10.2. The highest BCUT2D eigenvalue weighted by Crippen LogP contribution is 2.22. The quantitative estimate of drug-likeness (QED) is 0.901. The van der Waals surface area contributed by atoms with E-state index >= 15 is 0 Å². The van der Waals surface area contributed by atoms with Crippen LogP contribution in [-0.4, -0.2) is 22.1 Å². The zero-order valence-electron chi connectivity index (χ0n) is 9.81. The summed E-state index contributed by atoms with van der Waals surface area (Å²) in [4.78, 5) is 22.9. The summed E-state index contributed by atoms with van der Waals surface area (Å²) in [6, 6.07) is 5.54. The van der Waals surface area contributed by atoms with Crippen molar-refractivity contribution in [3.63, 3.8) is 0 Å². The molecule has 1 heterocycles. The summed E-state index contributed by atoms with van der Waals surface area (Å²) in [5.41, 5.74) is 0.586. The molecule has 2 aromatic rings. The lowest BCUT2D eigenvalue weighted by atomic mass is 10.1. The number of carboxylic acids is 1. The number of nitrogens with one attached hydrogen (secondary N) is 1. The van der Waals surface area contributed by atoms with Gasteiger partial charge in [-0.2, -0.15) is 0 Å². The third-order valence-electron chi connectivity index (χ3n) is 2.31. The molecule has 1 amide bonds. The zero-order valence-corrected chi connectivity index (χ0v) is 10.6. The fraction of sp³-hybridized carbons (Fsp3) is 0.0833. The standard InChI is InChI=1S/C12H9ClN2O4/c1-6-4-10(19-15-6)11(16)14-9-5-7(13)2-3-8(9)12(17)18/h2-5H,1H3,(H,14,16)(H,17,18). The highest BCUT2D eigenvalue weighted by atomic mass is 35.5. The van der Waals surface area contributed by atoms with Crippen molar-refractivity contribution in [3.05, 3.63) is 46.3 Å². The van der Waals surface area contributed by atoms with Crippen molar-refractivity contribution in [2.24, 2.45) is 0 Å². The van der Waals surface area contributed by atoms with Gasteiger partial charge in [-0.05, 0) is 25.1 Å². The van der Waals surface area contributed by atoms with E-state index in [0.717, 1.165) is 0 Å². The van der Waals surface area contributed by atoms with Crippen LogP contribution in [0.5, 0.6) is 0 Å². The van der Waals surface area contributed by atoms with Gasteiger partial charge in [0.25, 0.3) is 5.91 Å². The number of benzene rings is 1. The van der Waals surface area contributed by atoms with Gasteiger partial charge in [-0.25, -0.2) is 4.79 Å². The number of anilines is 1. The van der Waals surface area contributed by atoms with Crippen molar-refractivity contribution in [1.29, 1.82) is 0 Å². The number of aryl methyl sites for hydroxylation is 1. The third kappa shape index (κ3) is 2.92. The number of aromatic nitrogens is 1. The highest BCUT2D eigenvalue weighted by Gasteiger charge is 2.16. The number of carbonyl (C=O) groups excluding carboxylic acids is 1. The van der Waals surface area contributed by atoms with Crippen LogP contribution in [0.2, 0.25) is 5.02 Å². The molecule has 2 N–H and O–H groups in total. The van der Waals surface area contributed by atoms with Crippen molar-refractivity contribution >= 4 is 29.2 Å². The number of hydrogen-bond acceptors (Lipinski definition) is 4. The Labute approximate surface area is 113 Å². The molecule has 0 unspecified atom stereocenters. The van der Waals surface area contributed by atoms with E-state index in [4.69, 9.17) is 21.2 Å². The van der Waals surface area contributed by atoms with Gasteiger partial charge in [0.1, 0.15) is 0 Å². The van der Waals surface area contributed by atoms with E-state index in [-0.39, 0.29) is 17.0 Å². The maximum atomic E-state index is 11.8. The van der Waals surface area contributed by atoms with Crippen LogP contribution in [0.3, 0.4) is 0 Å². The van der Waals surface area contributed by atoms with E-state index in [1.165, 1.54) is 24.3 Å². The maximum Gasteiger partial charge on any atom is 0.337 e. The minimum Gasteiger partial charge on any atom is -0.478 e. The summed E-state index contributed by atoms with van der Waals surface area (Å²) in [6.45, 7) is 1.67. The van der Waals surface area contributed by atoms with Gasteiger partial charge in [0.2, 0.25) is 5.76 Å². The first-order valence-electron chi connectivity index (χ1n) is 5.25. The van der Waals surface area contributed by atoms with Gasteiger partial charge in [-0.3, -0.25) is 4.79 Å². The number of halogens is 1. The first kappa shape index (κ1) is 13.1. The van der Waals surface area contributed by atoms with Crippen LogP contribution >= 0.6 is 11.6 Å². The predicted octanol–water partition coefficient (Wildman–Crippen LogP) is 2.59. The summed E-state index contributed by atoms with van der Waals surface area (Å²) in [5.74, 6) is -1.76. The van der Waals surface area contributed by atoms with Crippen LogP contribution in [0, 0.1) is 6.92 Å².